The van der Waals surface area contributed by atoms with E-state index < -0.39 is 24.1 Å². The molecule has 3 atom stereocenters. The highest BCUT2D eigenvalue weighted by atomic mass is 16.3. The molecule has 13 nitrogen and oxygen atoms in total. The predicted molar refractivity (Wildman–Crippen MR) is 137 cm³/mol. The van der Waals surface area contributed by atoms with Crippen molar-refractivity contribution >= 4 is 35.1 Å². The van der Waals surface area contributed by atoms with E-state index in [-0.39, 0.29) is 35.5 Å². The van der Waals surface area contributed by atoms with Gasteiger partial charge in [0.25, 0.3) is 5.91 Å². The third-order valence-electron chi connectivity index (χ3n) is 8.24. The van der Waals surface area contributed by atoms with Crippen molar-refractivity contribution in [3.63, 3.8) is 0 Å². The smallest absolute Gasteiger partial charge is 0.322 e. The van der Waals surface area contributed by atoms with Crippen LogP contribution in [0.2, 0.25) is 0 Å². The molecule has 3 unspecified atom stereocenters. The van der Waals surface area contributed by atoms with E-state index in [9.17, 15) is 24.3 Å². The number of pyridine rings is 1. The Morgan fingerprint density at radius 3 is 2.46 bits per heavy atom. The predicted octanol–water partition coefficient (Wildman–Crippen LogP) is 0.860. The Morgan fingerprint density at radius 1 is 1.18 bits per heavy atom. The number of carbonyl (C=O) groups is 4. The van der Waals surface area contributed by atoms with Gasteiger partial charge in [-0.1, -0.05) is 6.07 Å². The minimum Gasteiger partial charge on any atom is -0.387 e. The lowest BCUT2D eigenvalue weighted by Crippen LogP contribution is -2.47. The maximum absolute atomic E-state index is 12.8. The van der Waals surface area contributed by atoms with Crippen molar-refractivity contribution in [2.75, 3.05) is 12.3 Å². The fourth-order valence-electron chi connectivity index (χ4n) is 6.35. The number of Topliss-reactive ketones (excluding diaryl/α,β-unsaturated/α-hetero) is 1. The molecule has 3 fully saturated rings. The van der Waals surface area contributed by atoms with Crippen molar-refractivity contribution in [3.05, 3.63) is 41.5 Å². The molecule has 202 valence electrons. The highest BCUT2D eigenvalue weighted by Crippen LogP contribution is 2.44. The Balaban J connectivity index is 1.40. The maximum atomic E-state index is 12.8. The Labute approximate surface area is 222 Å². The van der Waals surface area contributed by atoms with E-state index in [1.54, 1.807) is 36.4 Å². The molecule has 0 radical (unpaired) electrons. The van der Waals surface area contributed by atoms with Gasteiger partial charge in [-0.05, 0) is 45.6 Å². The van der Waals surface area contributed by atoms with Gasteiger partial charge in [0.1, 0.15) is 12.4 Å². The molecule has 0 saturated carbocycles. The van der Waals surface area contributed by atoms with Crippen LogP contribution < -0.4 is 16.4 Å². The molecule has 3 saturated heterocycles. The van der Waals surface area contributed by atoms with E-state index in [0.29, 0.717) is 46.6 Å². The number of nitrogen functional groups attached to an aromatic ring is 1. The molecule has 0 spiro atoms. The highest BCUT2D eigenvalue weighted by molar-refractivity contribution is 6.07. The van der Waals surface area contributed by atoms with Crippen LogP contribution in [0.4, 0.5) is 10.6 Å². The van der Waals surface area contributed by atoms with Crippen molar-refractivity contribution in [2.24, 2.45) is 0 Å². The summed E-state index contributed by atoms with van der Waals surface area (Å²) >= 11 is 0. The Kier molecular flexibility index (Phi) is 5.64. The number of hydrogen-bond donors (Lipinski definition) is 4. The number of aliphatic hydroxyl groups excluding tert-OH is 1. The number of piperidine rings is 1. The molecule has 13 heteroatoms. The number of carbonyl (C=O) groups excluding carboxylic acids is 4. The first-order valence-corrected chi connectivity index (χ1v) is 12.8. The lowest BCUT2D eigenvalue weighted by atomic mass is 9.85. The van der Waals surface area contributed by atoms with Gasteiger partial charge in [-0.25, -0.2) is 9.78 Å². The van der Waals surface area contributed by atoms with Crippen LogP contribution in [0.25, 0.3) is 16.8 Å². The van der Waals surface area contributed by atoms with Crippen molar-refractivity contribution in [2.45, 2.75) is 63.1 Å². The zero-order chi connectivity index (χ0) is 27.6. The number of urea groups is 1. The maximum Gasteiger partial charge on any atom is 0.322 e. The number of anilines is 1. The number of nitrogens with one attached hydrogen (secondary N) is 2. The van der Waals surface area contributed by atoms with Crippen LogP contribution in [-0.2, 0) is 15.1 Å². The second-order valence-corrected chi connectivity index (χ2v) is 10.6. The normalized spacial score (nSPS) is 26.1. The number of imide groups is 1. The number of fused-ring (bicyclic) bond motifs is 3. The van der Waals surface area contributed by atoms with E-state index >= 15 is 0 Å². The number of rotatable bonds is 5. The number of nitrogens with zero attached hydrogens (tertiary/aromatic N) is 5. The molecule has 3 aromatic rings. The van der Waals surface area contributed by atoms with E-state index in [2.05, 4.69) is 20.7 Å². The Hall–Kier alpha value is -4.39. The van der Waals surface area contributed by atoms with E-state index in [0.717, 1.165) is 12.8 Å². The number of ketones is 1. The van der Waals surface area contributed by atoms with Crippen LogP contribution in [0.5, 0.6) is 0 Å². The second-order valence-electron chi connectivity index (χ2n) is 10.6. The van der Waals surface area contributed by atoms with Crippen LogP contribution in [0, 0.1) is 0 Å². The van der Waals surface area contributed by atoms with Gasteiger partial charge in [0.05, 0.1) is 23.1 Å². The van der Waals surface area contributed by atoms with Gasteiger partial charge in [0, 0.05) is 35.3 Å². The minimum absolute atomic E-state index is 0.0248. The highest BCUT2D eigenvalue weighted by Gasteiger charge is 2.46. The summed E-state index contributed by atoms with van der Waals surface area (Å²) in [4.78, 5) is 60.2. The number of aromatic nitrogens is 4. The van der Waals surface area contributed by atoms with Crippen LogP contribution in [0.1, 0.15) is 67.2 Å². The molecule has 6 heterocycles. The first-order chi connectivity index (χ1) is 18.6. The third kappa shape index (κ3) is 3.75. The van der Waals surface area contributed by atoms with E-state index in [1.165, 1.54) is 11.4 Å². The molecule has 6 rings (SSSR count). The van der Waals surface area contributed by atoms with Crippen LogP contribution in [-0.4, -0.2) is 71.9 Å². The summed E-state index contributed by atoms with van der Waals surface area (Å²) in [6.07, 6.45) is 6.10. The molecular weight excluding hydrogens is 504 g/mol. The fraction of sp³-hybridized carbons (Fsp3) is 0.423. The van der Waals surface area contributed by atoms with Gasteiger partial charge in [-0.2, -0.15) is 9.61 Å². The molecular formula is C26H28N8O5. The standard InChI is InChI=1S/C26H28N8O5/c1-12(36)20-21(14-7-15-4-5-16(8-14)33(15)19(37)11-35)30-23-17(10-29-34(23)22(20)27)13-3-6-18(28-9-13)26(2)24(38)31-25(39)32-26/h3,6,9-10,14-16,35H,4-5,7-8,11,27H2,1-2H3,(H2,31,32,38,39). The molecule has 3 aliphatic heterocycles. The van der Waals surface area contributed by atoms with Crippen LogP contribution in [0.3, 0.4) is 0 Å². The fourth-order valence-corrected chi connectivity index (χ4v) is 6.35. The zero-order valence-electron chi connectivity index (χ0n) is 21.5. The molecule has 39 heavy (non-hydrogen) atoms. The van der Waals surface area contributed by atoms with Gasteiger partial charge >= 0.3 is 6.03 Å². The summed E-state index contributed by atoms with van der Waals surface area (Å²) in [5.74, 6) is -0.874. The topological polar surface area (TPSA) is 185 Å². The lowest BCUT2D eigenvalue weighted by molar-refractivity contribution is -0.138. The second kappa shape index (κ2) is 8.83. The molecule has 3 aromatic heterocycles. The van der Waals surface area contributed by atoms with Gasteiger partial charge in [0.15, 0.2) is 17.0 Å². The van der Waals surface area contributed by atoms with Crippen molar-refractivity contribution in [3.8, 4) is 11.1 Å². The summed E-state index contributed by atoms with van der Waals surface area (Å²) in [6, 6.07) is 2.79. The average Bonchev–Trinajstić information content (AvgIpc) is 3.54. The average molecular weight is 533 g/mol. The first kappa shape index (κ1) is 24.9. The quantitative estimate of drug-likeness (QED) is 0.273. The van der Waals surface area contributed by atoms with Crippen molar-refractivity contribution in [1.82, 2.24) is 35.1 Å². The van der Waals surface area contributed by atoms with Crippen LogP contribution >= 0.6 is 0 Å². The molecule has 4 amide bonds. The Morgan fingerprint density at radius 2 is 1.90 bits per heavy atom. The third-order valence-corrected chi connectivity index (χ3v) is 8.24. The summed E-state index contributed by atoms with van der Waals surface area (Å²) in [6.45, 7) is 2.51. The first-order valence-electron chi connectivity index (χ1n) is 12.8. The van der Waals surface area contributed by atoms with Crippen molar-refractivity contribution < 1.29 is 24.3 Å². The SMILES string of the molecule is CC(=O)c1c(C2CC3CCC(C2)N3C(=O)CO)nc2c(-c3ccc(C4(C)NC(=O)NC4=O)nc3)cnn2c1N. The Bertz CT molecular complexity index is 1540. The molecule has 3 aliphatic rings. The zero-order valence-corrected chi connectivity index (χ0v) is 21.5. The monoisotopic (exact) mass is 532 g/mol. The summed E-state index contributed by atoms with van der Waals surface area (Å²) < 4.78 is 1.44. The van der Waals surface area contributed by atoms with Gasteiger partial charge in [-0.3, -0.25) is 24.7 Å². The summed E-state index contributed by atoms with van der Waals surface area (Å²) in [5, 5.41) is 18.6. The number of nitrogens with two attached hydrogens (primary N) is 1. The summed E-state index contributed by atoms with van der Waals surface area (Å²) in [7, 11) is 0. The van der Waals surface area contributed by atoms with E-state index in [4.69, 9.17) is 10.7 Å². The molecule has 2 bridgehead atoms. The number of amides is 4. The largest absolute Gasteiger partial charge is 0.387 e. The van der Waals surface area contributed by atoms with E-state index in [1.807, 2.05) is 0 Å². The summed E-state index contributed by atoms with van der Waals surface area (Å²) in [5.41, 5.74) is 8.26. The number of aliphatic hydroxyl groups is 1. The lowest BCUT2D eigenvalue weighted by Gasteiger charge is -2.39. The van der Waals surface area contributed by atoms with Crippen LogP contribution in [0.15, 0.2) is 24.5 Å². The molecule has 5 N–H and O–H groups in total. The van der Waals surface area contributed by atoms with Gasteiger partial charge in [-0.15, -0.1) is 0 Å². The van der Waals surface area contributed by atoms with Crippen molar-refractivity contribution in [1.29, 1.82) is 0 Å². The van der Waals surface area contributed by atoms with Gasteiger partial charge < -0.3 is 21.1 Å². The molecule has 0 aromatic carbocycles. The van der Waals surface area contributed by atoms with Gasteiger partial charge in [0.2, 0.25) is 5.91 Å². The minimum atomic E-state index is -1.28. The number of hydrogen-bond acceptors (Lipinski definition) is 9. The molecule has 0 aliphatic carbocycles.